The van der Waals surface area contributed by atoms with Gasteiger partial charge in [0.05, 0.1) is 17.7 Å². The summed E-state index contributed by atoms with van der Waals surface area (Å²) in [5.41, 5.74) is 0.150. The summed E-state index contributed by atoms with van der Waals surface area (Å²) in [6, 6.07) is 8.09. The van der Waals surface area contributed by atoms with Crippen molar-refractivity contribution in [1.82, 2.24) is 10.2 Å². The molecule has 2 aromatic carbocycles. The van der Waals surface area contributed by atoms with Gasteiger partial charge in [-0.05, 0) is 61.4 Å². The van der Waals surface area contributed by atoms with Crippen LogP contribution in [0.4, 0.5) is 8.78 Å². The second kappa shape index (κ2) is 10.7. The zero-order valence-electron chi connectivity index (χ0n) is 19.0. The second-order valence-corrected chi connectivity index (χ2v) is 9.69. The predicted octanol–water partition coefficient (Wildman–Crippen LogP) is 5.61. The van der Waals surface area contributed by atoms with Gasteiger partial charge in [0.2, 0.25) is 0 Å². The lowest BCUT2D eigenvalue weighted by Crippen LogP contribution is -2.48. The third kappa shape index (κ3) is 5.69. The molecule has 0 atom stereocenters. The van der Waals surface area contributed by atoms with E-state index in [-0.39, 0.29) is 16.9 Å². The van der Waals surface area contributed by atoms with Gasteiger partial charge in [-0.1, -0.05) is 30.9 Å². The van der Waals surface area contributed by atoms with E-state index in [1.54, 1.807) is 23.1 Å². The van der Waals surface area contributed by atoms with Gasteiger partial charge in [-0.3, -0.25) is 9.59 Å². The molecule has 0 radical (unpaired) electrons. The predicted molar refractivity (Wildman–Crippen MR) is 126 cm³/mol. The molecule has 2 aromatic rings. The van der Waals surface area contributed by atoms with Crippen molar-refractivity contribution >= 4 is 23.4 Å². The summed E-state index contributed by atoms with van der Waals surface area (Å²) in [7, 11) is 0. The average Bonchev–Trinajstić information content (AvgIpc) is 2.83. The lowest BCUT2D eigenvalue weighted by Gasteiger charge is -2.42. The molecule has 182 valence electrons. The number of fused-ring (bicyclic) bond motifs is 1. The number of hydrogen-bond donors (Lipinski definition) is 1. The molecule has 2 heterocycles. The Hall–Kier alpha value is -2.67. The highest BCUT2D eigenvalue weighted by Crippen LogP contribution is 2.37. The summed E-state index contributed by atoms with van der Waals surface area (Å²) in [5.74, 6) is -1.69. The highest BCUT2D eigenvalue weighted by atomic mass is 35.5. The molecular weight excluding hydrogens is 462 g/mol. The molecule has 1 fully saturated rings. The van der Waals surface area contributed by atoms with E-state index in [4.69, 9.17) is 16.3 Å². The number of rotatable bonds is 1. The number of carbonyl (C=O) groups excluding carboxylic acids is 2. The summed E-state index contributed by atoms with van der Waals surface area (Å²) in [5, 5.41) is 3.54. The number of amides is 2. The van der Waals surface area contributed by atoms with E-state index < -0.39 is 17.5 Å². The van der Waals surface area contributed by atoms with Crippen LogP contribution < -0.4 is 10.1 Å². The van der Waals surface area contributed by atoms with Crippen LogP contribution in [0.1, 0.15) is 65.7 Å². The quantitative estimate of drug-likeness (QED) is 0.565. The Kier molecular flexibility index (Phi) is 7.71. The molecule has 0 unspecified atom stereocenters. The molecule has 1 saturated heterocycles. The fourth-order valence-corrected chi connectivity index (χ4v) is 5.01. The van der Waals surface area contributed by atoms with Crippen LogP contribution in [0.25, 0.3) is 0 Å². The Labute approximate surface area is 203 Å². The first-order valence-corrected chi connectivity index (χ1v) is 12.2. The summed E-state index contributed by atoms with van der Waals surface area (Å²) in [6.07, 6.45) is 6.35. The van der Waals surface area contributed by atoms with Crippen LogP contribution in [0, 0.1) is 17.0 Å². The minimum Gasteiger partial charge on any atom is -0.493 e. The van der Waals surface area contributed by atoms with Crippen LogP contribution >= 0.6 is 11.6 Å². The summed E-state index contributed by atoms with van der Waals surface area (Å²) in [6.45, 7) is 1.93. The van der Waals surface area contributed by atoms with E-state index in [1.165, 1.54) is 6.07 Å². The fourth-order valence-electron chi connectivity index (χ4n) is 4.84. The van der Waals surface area contributed by atoms with E-state index >= 15 is 0 Å². The van der Waals surface area contributed by atoms with Crippen molar-refractivity contribution in [2.45, 2.75) is 44.9 Å². The van der Waals surface area contributed by atoms with Gasteiger partial charge < -0.3 is 15.0 Å². The lowest BCUT2D eigenvalue weighted by atomic mass is 9.74. The molecule has 5 nitrogen and oxygen atoms in total. The average molecular weight is 491 g/mol. The van der Waals surface area contributed by atoms with Crippen molar-refractivity contribution in [3.63, 3.8) is 0 Å². The van der Waals surface area contributed by atoms with Crippen molar-refractivity contribution in [2.24, 2.45) is 5.41 Å². The fraction of sp³-hybridized carbons (Fsp3) is 0.462. The maximum Gasteiger partial charge on any atom is 0.256 e. The smallest absolute Gasteiger partial charge is 0.256 e. The van der Waals surface area contributed by atoms with Gasteiger partial charge in [0.15, 0.2) is 0 Å². The topological polar surface area (TPSA) is 58.6 Å². The molecule has 0 bridgehead atoms. The molecule has 34 heavy (non-hydrogen) atoms. The van der Waals surface area contributed by atoms with Gasteiger partial charge in [-0.2, -0.15) is 0 Å². The van der Waals surface area contributed by atoms with Crippen LogP contribution in [0.2, 0.25) is 5.02 Å². The highest BCUT2D eigenvalue weighted by molar-refractivity contribution is 6.31. The first-order chi connectivity index (χ1) is 16.4. The van der Waals surface area contributed by atoms with Crippen molar-refractivity contribution < 1.29 is 23.1 Å². The van der Waals surface area contributed by atoms with Gasteiger partial charge in [0.25, 0.3) is 11.8 Å². The Bertz CT molecular complexity index is 1050. The van der Waals surface area contributed by atoms with Gasteiger partial charge in [0.1, 0.15) is 17.4 Å². The first-order valence-electron chi connectivity index (χ1n) is 11.8. The van der Waals surface area contributed by atoms with E-state index in [2.05, 4.69) is 5.32 Å². The molecule has 0 aromatic heterocycles. The normalized spacial score (nSPS) is 19.1. The van der Waals surface area contributed by atoms with Crippen LogP contribution in [0.3, 0.4) is 0 Å². The van der Waals surface area contributed by atoms with Gasteiger partial charge >= 0.3 is 0 Å². The Morgan fingerprint density at radius 1 is 1.00 bits per heavy atom. The van der Waals surface area contributed by atoms with E-state index in [0.29, 0.717) is 55.4 Å². The summed E-state index contributed by atoms with van der Waals surface area (Å²) < 4.78 is 33.2. The maximum atomic E-state index is 14.1. The van der Waals surface area contributed by atoms with Crippen LogP contribution in [0.5, 0.6) is 5.75 Å². The van der Waals surface area contributed by atoms with Gasteiger partial charge in [0, 0.05) is 30.7 Å². The van der Waals surface area contributed by atoms with E-state index in [1.807, 2.05) is 0 Å². The molecule has 1 spiro atoms. The van der Waals surface area contributed by atoms with Crippen molar-refractivity contribution in [2.75, 3.05) is 26.2 Å². The molecule has 2 aliphatic heterocycles. The number of benzene rings is 2. The molecule has 4 rings (SSSR count). The number of likely N-dealkylation sites (tertiary alicyclic amines) is 1. The summed E-state index contributed by atoms with van der Waals surface area (Å²) in [4.78, 5) is 27.5. The largest absolute Gasteiger partial charge is 0.493 e. The molecule has 0 saturated carbocycles. The number of ether oxygens (including phenoxy) is 1. The molecule has 2 amide bonds. The number of nitrogens with zero attached hydrogens (tertiary/aromatic N) is 1. The van der Waals surface area contributed by atoms with E-state index in [9.17, 15) is 18.4 Å². The third-order valence-electron chi connectivity index (χ3n) is 6.94. The Balaban J connectivity index is 1.47. The first kappa shape index (κ1) is 24.5. The maximum absolute atomic E-state index is 14.1. The van der Waals surface area contributed by atoms with Crippen molar-refractivity contribution in [3.05, 3.63) is 64.2 Å². The molecular formula is C26H29ClF2N2O3. The number of carbonyl (C=O) groups is 2. The van der Waals surface area contributed by atoms with Gasteiger partial charge in [-0.25, -0.2) is 8.78 Å². The number of nitrogens with one attached hydrogen (secondary N) is 1. The number of hydrogen-bond acceptors (Lipinski definition) is 3. The van der Waals surface area contributed by atoms with Crippen molar-refractivity contribution in [1.29, 1.82) is 0 Å². The third-order valence-corrected chi connectivity index (χ3v) is 7.18. The SMILES string of the molecule is O=C1NCC2(CCCCCCOc3ccc(Cl)cc31)CCN(C(=O)c1ccc(F)cc1F)CC2. The zero-order valence-corrected chi connectivity index (χ0v) is 19.8. The van der Waals surface area contributed by atoms with Crippen LogP contribution in [-0.4, -0.2) is 43.0 Å². The second-order valence-electron chi connectivity index (χ2n) is 9.25. The van der Waals surface area contributed by atoms with Gasteiger partial charge in [-0.15, -0.1) is 0 Å². The lowest BCUT2D eigenvalue weighted by molar-refractivity contribution is 0.0532. The Morgan fingerprint density at radius 2 is 1.76 bits per heavy atom. The zero-order chi connectivity index (χ0) is 24.1. The minimum absolute atomic E-state index is 0.117. The molecule has 8 heteroatoms. The standard InChI is InChI=1S/C26H29ClF2N2O3/c27-18-5-8-23-21(15-18)24(32)30-17-26(9-3-1-2-4-14-34-23)10-12-31(13-11-26)25(33)20-7-6-19(28)16-22(20)29/h5-8,15-16H,1-4,9-14,17H2,(H,30,32). The highest BCUT2D eigenvalue weighted by Gasteiger charge is 2.36. The van der Waals surface area contributed by atoms with Crippen LogP contribution in [-0.2, 0) is 0 Å². The summed E-state index contributed by atoms with van der Waals surface area (Å²) >= 11 is 6.13. The number of halogens is 3. The Morgan fingerprint density at radius 3 is 2.53 bits per heavy atom. The van der Waals surface area contributed by atoms with Crippen molar-refractivity contribution in [3.8, 4) is 5.75 Å². The van der Waals surface area contributed by atoms with E-state index in [0.717, 1.165) is 44.2 Å². The monoisotopic (exact) mass is 490 g/mol. The van der Waals surface area contributed by atoms with Crippen LogP contribution in [0.15, 0.2) is 36.4 Å². The minimum atomic E-state index is -0.848. The molecule has 0 aliphatic carbocycles. The molecule has 2 aliphatic rings. The molecule has 1 N–H and O–H groups in total. The number of piperidine rings is 1.